The zero-order chi connectivity index (χ0) is 11.6. The predicted molar refractivity (Wildman–Crippen MR) is 59.2 cm³/mol. The van der Waals surface area contributed by atoms with Crippen molar-refractivity contribution in [3.8, 4) is 0 Å². The summed E-state index contributed by atoms with van der Waals surface area (Å²) in [4.78, 5) is 13.6. The lowest BCUT2D eigenvalue weighted by molar-refractivity contribution is -0.160. The van der Waals surface area contributed by atoms with Crippen molar-refractivity contribution in [1.82, 2.24) is 4.90 Å². The van der Waals surface area contributed by atoms with Gasteiger partial charge in [0.2, 0.25) is 0 Å². The standard InChI is InChI=1S/C11H20N2O3/c12-9-2-1-5-13(8-9)11(10(14)15)3-6-16-7-4-11/h9H,1-8,12H2,(H,14,15). The van der Waals surface area contributed by atoms with E-state index in [9.17, 15) is 9.90 Å². The minimum absolute atomic E-state index is 0.118. The average Bonchev–Trinajstić information content (AvgIpc) is 2.30. The van der Waals surface area contributed by atoms with Gasteiger partial charge in [0, 0.05) is 25.8 Å². The summed E-state index contributed by atoms with van der Waals surface area (Å²) in [5.41, 5.74) is 5.20. The van der Waals surface area contributed by atoms with Gasteiger partial charge in [-0.3, -0.25) is 9.69 Å². The van der Waals surface area contributed by atoms with Gasteiger partial charge < -0.3 is 15.6 Å². The van der Waals surface area contributed by atoms with E-state index in [1.165, 1.54) is 0 Å². The highest BCUT2D eigenvalue weighted by Crippen LogP contribution is 2.30. The van der Waals surface area contributed by atoms with Crippen LogP contribution < -0.4 is 5.73 Å². The van der Waals surface area contributed by atoms with Crippen LogP contribution in [-0.2, 0) is 9.53 Å². The first-order valence-electron chi connectivity index (χ1n) is 5.97. The summed E-state index contributed by atoms with van der Waals surface area (Å²) in [6.07, 6.45) is 3.16. The van der Waals surface area contributed by atoms with Gasteiger partial charge >= 0.3 is 5.97 Å². The summed E-state index contributed by atoms with van der Waals surface area (Å²) in [5.74, 6) is -0.718. The maximum Gasteiger partial charge on any atom is 0.324 e. The molecule has 2 fully saturated rings. The monoisotopic (exact) mass is 228 g/mol. The van der Waals surface area contributed by atoms with E-state index in [0.717, 1.165) is 19.4 Å². The Balaban J connectivity index is 2.14. The van der Waals surface area contributed by atoms with Gasteiger partial charge in [-0.1, -0.05) is 0 Å². The topological polar surface area (TPSA) is 75.8 Å². The fourth-order valence-corrected chi connectivity index (χ4v) is 2.77. The number of nitrogens with two attached hydrogens (primary N) is 1. The number of piperidine rings is 1. The number of carbonyl (C=O) groups is 1. The first-order valence-corrected chi connectivity index (χ1v) is 5.97. The highest BCUT2D eigenvalue weighted by molar-refractivity contribution is 5.79. The maximum atomic E-state index is 11.5. The van der Waals surface area contributed by atoms with E-state index in [4.69, 9.17) is 10.5 Å². The van der Waals surface area contributed by atoms with Crippen molar-refractivity contribution in [2.45, 2.75) is 37.3 Å². The summed E-state index contributed by atoms with van der Waals surface area (Å²) >= 11 is 0. The maximum absolute atomic E-state index is 11.5. The molecule has 0 aromatic heterocycles. The molecule has 1 unspecified atom stereocenters. The molecule has 0 aliphatic carbocycles. The second-order valence-electron chi connectivity index (χ2n) is 4.80. The third-order valence-electron chi connectivity index (χ3n) is 3.78. The smallest absolute Gasteiger partial charge is 0.324 e. The van der Waals surface area contributed by atoms with E-state index in [1.807, 2.05) is 0 Å². The lowest BCUT2D eigenvalue weighted by Crippen LogP contribution is -2.61. The van der Waals surface area contributed by atoms with Crippen LogP contribution in [-0.4, -0.2) is 53.9 Å². The van der Waals surface area contributed by atoms with E-state index < -0.39 is 11.5 Å². The molecule has 5 heteroatoms. The molecule has 2 saturated heterocycles. The van der Waals surface area contributed by atoms with Crippen molar-refractivity contribution in [2.75, 3.05) is 26.3 Å². The van der Waals surface area contributed by atoms with E-state index >= 15 is 0 Å². The number of likely N-dealkylation sites (tertiary alicyclic amines) is 1. The zero-order valence-electron chi connectivity index (χ0n) is 9.52. The molecule has 5 nitrogen and oxygen atoms in total. The van der Waals surface area contributed by atoms with Gasteiger partial charge in [-0.2, -0.15) is 0 Å². The van der Waals surface area contributed by atoms with Crippen LogP contribution in [0.4, 0.5) is 0 Å². The molecule has 0 spiro atoms. The van der Waals surface area contributed by atoms with Crippen molar-refractivity contribution >= 4 is 5.97 Å². The lowest BCUT2D eigenvalue weighted by Gasteiger charge is -2.46. The molecule has 0 amide bonds. The van der Waals surface area contributed by atoms with Crippen LogP contribution in [0, 0.1) is 0 Å². The number of carboxylic acid groups (broad SMARTS) is 1. The lowest BCUT2D eigenvalue weighted by atomic mass is 9.86. The Kier molecular flexibility index (Phi) is 3.47. The number of nitrogens with zero attached hydrogens (tertiary/aromatic N) is 1. The molecular weight excluding hydrogens is 208 g/mol. The van der Waals surface area contributed by atoms with Crippen molar-refractivity contribution in [2.24, 2.45) is 5.73 Å². The number of ether oxygens (including phenoxy) is 1. The first kappa shape index (κ1) is 11.8. The Morgan fingerprint density at radius 1 is 1.44 bits per heavy atom. The highest BCUT2D eigenvalue weighted by atomic mass is 16.5. The van der Waals surface area contributed by atoms with E-state index in [-0.39, 0.29) is 6.04 Å². The second-order valence-corrected chi connectivity index (χ2v) is 4.80. The third kappa shape index (κ3) is 2.07. The summed E-state index contributed by atoms with van der Waals surface area (Å²) in [6, 6.07) is 0.118. The SMILES string of the molecule is NC1CCCN(C2(C(=O)O)CCOCC2)C1. The first-order chi connectivity index (χ1) is 7.65. The Hall–Kier alpha value is -0.650. The fourth-order valence-electron chi connectivity index (χ4n) is 2.77. The largest absolute Gasteiger partial charge is 0.480 e. The van der Waals surface area contributed by atoms with Gasteiger partial charge in [0.25, 0.3) is 0 Å². The van der Waals surface area contributed by atoms with Crippen LogP contribution in [0.3, 0.4) is 0 Å². The van der Waals surface area contributed by atoms with Gasteiger partial charge in [0.15, 0.2) is 0 Å². The quantitative estimate of drug-likeness (QED) is 0.698. The van der Waals surface area contributed by atoms with Crippen LogP contribution in [0.15, 0.2) is 0 Å². The van der Waals surface area contributed by atoms with Gasteiger partial charge in [-0.05, 0) is 32.2 Å². The van der Waals surface area contributed by atoms with E-state index in [1.54, 1.807) is 0 Å². The Labute approximate surface area is 95.5 Å². The van der Waals surface area contributed by atoms with Crippen molar-refractivity contribution in [1.29, 1.82) is 0 Å². The summed E-state index contributed by atoms with van der Waals surface area (Å²) in [6.45, 7) is 2.63. The molecule has 0 saturated carbocycles. The fraction of sp³-hybridized carbons (Fsp3) is 0.909. The zero-order valence-corrected chi connectivity index (χ0v) is 9.52. The van der Waals surface area contributed by atoms with Crippen LogP contribution in [0.5, 0.6) is 0 Å². The normalized spacial score (nSPS) is 31.2. The van der Waals surface area contributed by atoms with Crippen LogP contribution in [0.25, 0.3) is 0 Å². The predicted octanol–water partition coefficient (Wildman–Crippen LogP) is 0.0433. The van der Waals surface area contributed by atoms with Crippen molar-refractivity contribution in [3.63, 3.8) is 0 Å². The molecule has 92 valence electrons. The number of hydrogen-bond donors (Lipinski definition) is 2. The average molecular weight is 228 g/mol. The number of aliphatic carboxylic acids is 1. The van der Waals surface area contributed by atoms with Crippen LogP contribution >= 0.6 is 0 Å². The molecule has 0 bridgehead atoms. The molecule has 0 radical (unpaired) electrons. The molecule has 16 heavy (non-hydrogen) atoms. The molecule has 2 aliphatic rings. The molecule has 2 aliphatic heterocycles. The Morgan fingerprint density at radius 2 is 2.12 bits per heavy atom. The van der Waals surface area contributed by atoms with E-state index in [2.05, 4.69) is 4.90 Å². The van der Waals surface area contributed by atoms with Gasteiger partial charge in [-0.15, -0.1) is 0 Å². The minimum atomic E-state index is -0.726. The number of rotatable bonds is 2. The Morgan fingerprint density at radius 3 is 2.69 bits per heavy atom. The molecule has 0 aromatic rings. The third-order valence-corrected chi connectivity index (χ3v) is 3.78. The summed E-state index contributed by atoms with van der Waals surface area (Å²) < 4.78 is 5.27. The van der Waals surface area contributed by atoms with E-state index in [0.29, 0.717) is 32.6 Å². The van der Waals surface area contributed by atoms with Crippen molar-refractivity contribution < 1.29 is 14.6 Å². The number of carboxylic acids is 1. The van der Waals surface area contributed by atoms with Crippen molar-refractivity contribution in [3.05, 3.63) is 0 Å². The molecular formula is C11H20N2O3. The van der Waals surface area contributed by atoms with Gasteiger partial charge in [0.05, 0.1) is 0 Å². The second kappa shape index (κ2) is 4.69. The minimum Gasteiger partial charge on any atom is -0.480 e. The van der Waals surface area contributed by atoms with Gasteiger partial charge in [-0.25, -0.2) is 0 Å². The summed E-state index contributed by atoms with van der Waals surface area (Å²) in [5, 5.41) is 9.49. The molecule has 2 heterocycles. The molecule has 2 rings (SSSR count). The Bertz CT molecular complexity index is 264. The van der Waals surface area contributed by atoms with Crippen LogP contribution in [0.2, 0.25) is 0 Å². The van der Waals surface area contributed by atoms with Gasteiger partial charge in [0.1, 0.15) is 5.54 Å². The highest BCUT2D eigenvalue weighted by Gasteiger charge is 2.46. The molecule has 3 N–H and O–H groups in total. The summed E-state index contributed by atoms with van der Waals surface area (Å²) in [7, 11) is 0. The molecule has 0 aromatic carbocycles. The van der Waals surface area contributed by atoms with Crippen LogP contribution in [0.1, 0.15) is 25.7 Å². The molecule has 1 atom stereocenters. The number of hydrogen-bond acceptors (Lipinski definition) is 4.